The normalized spacial score (nSPS) is 18.6. The first-order chi connectivity index (χ1) is 9.95. The maximum absolute atomic E-state index is 12.3. The van der Waals surface area contributed by atoms with Gasteiger partial charge in [0.05, 0.1) is 18.2 Å². The summed E-state index contributed by atoms with van der Waals surface area (Å²) in [7, 11) is 1.64. The molecule has 0 saturated carbocycles. The summed E-state index contributed by atoms with van der Waals surface area (Å²) >= 11 is 0. The minimum atomic E-state index is -0.479. The number of allylic oxidation sites excluding steroid dienone is 1. The summed E-state index contributed by atoms with van der Waals surface area (Å²) < 4.78 is 5.14. The molecule has 0 unspecified atom stereocenters. The molecular formula is C16H20N2O3. The van der Waals surface area contributed by atoms with E-state index in [-0.39, 0.29) is 6.03 Å². The van der Waals surface area contributed by atoms with Crippen LogP contribution in [0.25, 0.3) is 0 Å². The fourth-order valence-corrected chi connectivity index (χ4v) is 2.41. The number of esters is 1. The van der Waals surface area contributed by atoms with Crippen molar-refractivity contribution in [1.29, 1.82) is 0 Å². The van der Waals surface area contributed by atoms with Crippen LogP contribution in [0.2, 0.25) is 0 Å². The van der Waals surface area contributed by atoms with Crippen LogP contribution < -0.4 is 5.32 Å². The number of amides is 2. The van der Waals surface area contributed by atoms with E-state index in [4.69, 9.17) is 4.74 Å². The molecule has 1 heterocycles. The van der Waals surface area contributed by atoms with Crippen LogP contribution in [-0.4, -0.2) is 30.6 Å². The van der Waals surface area contributed by atoms with Crippen molar-refractivity contribution < 1.29 is 14.3 Å². The quantitative estimate of drug-likeness (QED) is 0.869. The van der Waals surface area contributed by atoms with Crippen molar-refractivity contribution in [3.05, 3.63) is 46.7 Å². The first kappa shape index (κ1) is 15.1. The zero-order chi connectivity index (χ0) is 15.6. The van der Waals surface area contributed by atoms with Crippen LogP contribution >= 0.6 is 0 Å². The Kier molecular flexibility index (Phi) is 4.31. The van der Waals surface area contributed by atoms with Crippen molar-refractivity contribution in [2.24, 2.45) is 0 Å². The molecule has 1 aliphatic rings. The summed E-state index contributed by atoms with van der Waals surface area (Å²) in [6.45, 7) is 5.79. The van der Waals surface area contributed by atoms with Crippen LogP contribution in [0.3, 0.4) is 0 Å². The lowest BCUT2D eigenvalue weighted by molar-refractivity contribution is -0.139. The molecule has 1 aliphatic heterocycles. The van der Waals surface area contributed by atoms with Gasteiger partial charge in [-0.25, -0.2) is 9.59 Å². The van der Waals surface area contributed by atoms with Gasteiger partial charge in [-0.05, 0) is 26.3 Å². The molecular weight excluding hydrogens is 268 g/mol. The molecule has 1 aromatic rings. The van der Waals surface area contributed by atoms with E-state index >= 15 is 0 Å². The van der Waals surface area contributed by atoms with E-state index in [0.717, 1.165) is 11.1 Å². The molecule has 2 rings (SSSR count). The molecule has 5 heteroatoms. The van der Waals surface area contributed by atoms with E-state index in [9.17, 15) is 9.59 Å². The molecule has 1 atom stereocenters. The van der Waals surface area contributed by atoms with Gasteiger partial charge in [0.1, 0.15) is 0 Å². The van der Waals surface area contributed by atoms with Gasteiger partial charge in [-0.3, -0.25) is 0 Å². The fraction of sp³-hybridized carbons (Fsp3) is 0.375. The summed E-state index contributed by atoms with van der Waals surface area (Å²) in [4.78, 5) is 25.7. The second-order valence-electron chi connectivity index (χ2n) is 5.08. The number of ether oxygens (including phenoxy) is 1. The third-order valence-electron chi connectivity index (χ3n) is 3.62. The second-order valence-corrected chi connectivity index (χ2v) is 5.08. The Morgan fingerprint density at radius 1 is 1.38 bits per heavy atom. The Labute approximate surface area is 124 Å². The van der Waals surface area contributed by atoms with Gasteiger partial charge in [-0.1, -0.05) is 29.8 Å². The lowest BCUT2D eigenvalue weighted by Gasteiger charge is -2.33. The molecule has 1 N–H and O–H groups in total. The Bertz CT molecular complexity index is 607. The van der Waals surface area contributed by atoms with Crippen molar-refractivity contribution in [1.82, 2.24) is 10.2 Å². The lowest BCUT2D eigenvalue weighted by Crippen LogP contribution is -2.46. The van der Waals surface area contributed by atoms with Gasteiger partial charge in [-0.15, -0.1) is 0 Å². The van der Waals surface area contributed by atoms with E-state index in [1.54, 1.807) is 20.9 Å². The first-order valence-electron chi connectivity index (χ1n) is 6.94. The van der Waals surface area contributed by atoms with Gasteiger partial charge in [0.25, 0.3) is 0 Å². The highest BCUT2D eigenvalue weighted by Gasteiger charge is 2.34. The molecule has 0 spiro atoms. The molecule has 0 saturated heterocycles. The van der Waals surface area contributed by atoms with Crippen LogP contribution in [0.5, 0.6) is 0 Å². The SMILES string of the molecule is CCOC(=O)C1=C(C)N(C)C(=O)N[C@H]1c1cccc(C)c1. The second kappa shape index (κ2) is 5.99. The smallest absolute Gasteiger partial charge is 0.338 e. The number of aryl methyl sites for hydroxylation is 1. The maximum Gasteiger partial charge on any atom is 0.338 e. The van der Waals surface area contributed by atoms with Crippen molar-refractivity contribution in [3.63, 3.8) is 0 Å². The van der Waals surface area contributed by atoms with Gasteiger partial charge < -0.3 is 15.0 Å². The summed E-state index contributed by atoms with van der Waals surface area (Å²) in [6, 6.07) is 7.03. The average molecular weight is 288 g/mol. The predicted molar refractivity (Wildman–Crippen MR) is 79.5 cm³/mol. The third kappa shape index (κ3) is 2.91. The zero-order valence-electron chi connectivity index (χ0n) is 12.8. The number of urea groups is 1. The monoisotopic (exact) mass is 288 g/mol. The van der Waals surface area contributed by atoms with E-state index < -0.39 is 12.0 Å². The Balaban J connectivity index is 2.51. The molecule has 0 fully saturated rings. The van der Waals surface area contributed by atoms with Gasteiger partial charge in [0.15, 0.2) is 0 Å². The van der Waals surface area contributed by atoms with E-state index in [2.05, 4.69) is 5.32 Å². The molecule has 21 heavy (non-hydrogen) atoms. The highest BCUT2D eigenvalue weighted by Crippen LogP contribution is 2.30. The largest absolute Gasteiger partial charge is 0.463 e. The van der Waals surface area contributed by atoms with Crippen molar-refractivity contribution in [2.75, 3.05) is 13.7 Å². The Hall–Kier alpha value is -2.30. The van der Waals surface area contributed by atoms with Crippen LogP contribution in [-0.2, 0) is 9.53 Å². The van der Waals surface area contributed by atoms with Gasteiger partial charge in [0, 0.05) is 12.7 Å². The van der Waals surface area contributed by atoms with Gasteiger partial charge >= 0.3 is 12.0 Å². The summed E-state index contributed by atoms with van der Waals surface area (Å²) in [5, 5.41) is 2.86. The first-order valence-corrected chi connectivity index (χ1v) is 6.94. The van der Waals surface area contributed by atoms with E-state index in [1.807, 2.05) is 31.2 Å². The number of benzene rings is 1. The highest BCUT2D eigenvalue weighted by atomic mass is 16.5. The van der Waals surface area contributed by atoms with Crippen LogP contribution in [0.1, 0.15) is 31.0 Å². The number of carbonyl (C=O) groups excluding carboxylic acids is 2. The Morgan fingerprint density at radius 2 is 2.10 bits per heavy atom. The number of hydrogen-bond donors (Lipinski definition) is 1. The van der Waals surface area contributed by atoms with Crippen molar-refractivity contribution in [2.45, 2.75) is 26.8 Å². The third-order valence-corrected chi connectivity index (χ3v) is 3.62. The van der Waals surface area contributed by atoms with E-state index in [0.29, 0.717) is 17.9 Å². The highest BCUT2D eigenvalue weighted by molar-refractivity contribution is 5.94. The standard InChI is InChI=1S/C16H20N2O3/c1-5-21-15(19)13-11(3)18(4)16(20)17-14(13)12-8-6-7-10(2)9-12/h6-9,14H,5H2,1-4H3,(H,17,20)/t14-/m0/s1. The number of nitrogens with one attached hydrogen (secondary N) is 1. The van der Waals surface area contributed by atoms with Crippen molar-refractivity contribution in [3.8, 4) is 0 Å². The molecule has 112 valence electrons. The zero-order valence-corrected chi connectivity index (χ0v) is 12.8. The van der Waals surface area contributed by atoms with Crippen LogP contribution in [0.4, 0.5) is 4.79 Å². The molecule has 5 nitrogen and oxygen atoms in total. The predicted octanol–water partition coefficient (Wildman–Crippen LogP) is 2.53. The van der Waals surface area contributed by atoms with Crippen molar-refractivity contribution >= 4 is 12.0 Å². The lowest BCUT2D eigenvalue weighted by atomic mass is 9.94. The Morgan fingerprint density at radius 3 is 2.71 bits per heavy atom. The molecule has 0 aromatic heterocycles. The molecule has 0 aliphatic carbocycles. The molecule has 0 radical (unpaired) electrons. The average Bonchev–Trinajstić information content (AvgIpc) is 2.44. The minimum absolute atomic E-state index is 0.230. The van der Waals surface area contributed by atoms with Crippen LogP contribution in [0.15, 0.2) is 35.5 Å². The molecule has 0 bridgehead atoms. The summed E-state index contributed by atoms with van der Waals surface area (Å²) in [5.74, 6) is -0.395. The van der Waals surface area contributed by atoms with Crippen LogP contribution in [0, 0.1) is 6.92 Å². The van der Waals surface area contributed by atoms with Gasteiger partial charge in [-0.2, -0.15) is 0 Å². The maximum atomic E-state index is 12.3. The molecule has 1 aromatic carbocycles. The number of carbonyl (C=O) groups is 2. The topological polar surface area (TPSA) is 58.6 Å². The number of rotatable bonds is 3. The van der Waals surface area contributed by atoms with E-state index in [1.165, 1.54) is 4.90 Å². The number of nitrogens with zero attached hydrogens (tertiary/aromatic N) is 1. The number of hydrogen-bond acceptors (Lipinski definition) is 3. The minimum Gasteiger partial charge on any atom is -0.463 e. The van der Waals surface area contributed by atoms with Gasteiger partial charge in [0.2, 0.25) is 0 Å². The fourth-order valence-electron chi connectivity index (χ4n) is 2.41. The molecule has 2 amide bonds. The summed E-state index contributed by atoms with van der Waals surface area (Å²) in [5.41, 5.74) is 3.04. The summed E-state index contributed by atoms with van der Waals surface area (Å²) in [6.07, 6.45) is 0.